The van der Waals surface area contributed by atoms with E-state index in [2.05, 4.69) is 20.6 Å². The van der Waals surface area contributed by atoms with Gasteiger partial charge in [-0.2, -0.15) is 10.2 Å². The SMILES string of the molecule is NNC(N)=NCc1cccnn1. The molecule has 0 aliphatic carbocycles. The third kappa shape index (κ3) is 2.51. The molecule has 0 unspecified atom stereocenters. The number of aliphatic imine (C=N–C) groups is 1. The lowest BCUT2D eigenvalue weighted by Gasteiger charge is -1.96. The fraction of sp³-hybridized carbons (Fsp3) is 0.167. The highest BCUT2D eigenvalue weighted by atomic mass is 15.3. The molecular formula is C6H10N6. The summed E-state index contributed by atoms with van der Waals surface area (Å²) in [6.45, 7) is 0.379. The van der Waals surface area contributed by atoms with E-state index in [0.29, 0.717) is 6.54 Å². The van der Waals surface area contributed by atoms with Crippen LogP contribution in [0.1, 0.15) is 5.69 Å². The number of nitrogens with one attached hydrogen (secondary N) is 1. The fourth-order valence-corrected chi connectivity index (χ4v) is 0.630. The van der Waals surface area contributed by atoms with Gasteiger partial charge >= 0.3 is 0 Å². The summed E-state index contributed by atoms with van der Waals surface area (Å²) in [5.41, 5.74) is 8.25. The minimum absolute atomic E-state index is 0.181. The molecule has 6 nitrogen and oxygen atoms in total. The van der Waals surface area contributed by atoms with Gasteiger partial charge in [0.1, 0.15) is 0 Å². The largest absolute Gasteiger partial charge is 0.369 e. The first-order valence-electron chi connectivity index (χ1n) is 3.36. The third-order valence-corrected chi connectivity index (χ3v) is 1.19. The maximum Gasteiger partial charge on any atom is 0.203 e. The van der Waals surface area contributed by atoms with Crippen molar-refractivity contribution in [2.75, 3.05) is 0 Å². The quantitative estimate of drug-likeness (QED) is 0.220. The molecule has 0 aliphatic rings. The first-order chi connectivity index (χ1) is 5.83. The Hall–Kier alpha value is -1.69. The summed E-state index contributed by atoms with van der Waals surface area (Å²) in [6, 6.07) is 3.59. The van der Waals surface area contributed by atoms with Gasteiger partial charge in [-0.25, -0.2) is 10.8 Å². The predicted molar refractivity (Wildman–Crippen MR) is 44.7 cm³/mol. The van der Waals surface area contributed by atoms with Crippen molar-refractivity contribution in [3.8, 4) is 0 Å². The summed E-state index contributed by atoms with van der Waals surface area (Å²) < 4.78 is 0. The van der Waals surface area contributed by atoms with Gasteiger partial charge in [0.25, 0.3) is 0 Å². The lowest BCUT2D eigenvalue weighted by molar-refractivity contribution is 0.881. The van der Waals surface area contributed by atoms with Crippen molar-refractivity contribution >= 4 is 5.96 Å². The minimum Gasteiger partial charge on any atom is -0.369 e. The van der Waals surface area contributed by atoms with E-state index in [1.54, 1.807) is 18.3 Å². The highest BCUT2D eigenvalue weighted by Crippen LogP contribution is 1.92. The Balaban J connectivity index is 2.54. The second-order valence-corrected chi connectivity index (χ2v) is 2.06. The molecule has 0 amide bonds. The number of aromatic nitrogens is 2. The molecule has 1 rings (SSSR count). The monoisotopic (exact) mass is 166 g/mol. The zero-order valence-electron chi connectivity index (χ0n) is 6.44. The maximum atomic E-state index is 5.29. The van der Waals surface area contributed by atoms with E-state index < -0.39 is 0 Å². The van der Waals surface area contributed by atoms with Crippen LogP contribution in [0.5, 0.6) is 0 Å². The summed E-state index contributed by atoms with van der Waals surface area (Å²) >= 11 is 0. The lowest BCUT2D eigenvalue weighted by Crippen LogP contribution is -2.37. The van der Waals surface area contributed by atoms with Crippen LogP contribution < -0.4 is 17.0 Å². The van der Waals surface area contributed by atoms with Crippen LogP contribution in [0.25, 0.3) is 0 Å². The molecule has 0 atom stereocenters. The molecule has 0 aromatic carbocycles. The summed E-state index contributed by atoms with van der Waals surface area (Å²) in [5, 5.41) is 7.48. The van der Waals surface area contributed by atoms with Gasteiger partial charge in [0.15, 0.2) is 0 Å². The Morgan fingerprint density at radius 1 is 1.67 bits per heavy atom. The molecule has 0 saturated heterocycles. The molecule has 5 N–H and O–H groups in total. The Morgan fingerprint density at radius 3 is 3.08 bits per heavy atom. The average molecular weight is 166 g/mol. The molecule has 0 bridgehead atoms. The predicted octanol–water partition coefficient (Wildman–Crippen LogP) is -1.25. The van der Waals surface area contributed by atoms with Gasteiger partial charge in [0, 0.05) is 6.20 Å². The molecule has 0 fully saturated rings. The van der Waals surface area contributed by atoms with Crippen molar-refractivity contribution < 1.29 is 0 Å². The zero-order valence-corrected chi connectivity index (χ0v) is 6.44. The first-order valence-corrected chi connectivity index (χ1v) is 3.36. The molecule has 1 aromatic rings. The van der Waals surface area contributed by atoms with E-state index in [1.807, 2.05) is 0 Å². The molecule has 0 saturated carbocycles. The molecular weight excluding hydrogens is 156 g/mol. The van der Waals surface area contributed by atoms with Crippen molar-refractivity contribution in [3.63, 3.8) is 0 Å². The summed E-state index contributed by atoms with van der Waals surface area (Å²) in [7, 11) is 0. The smallest absolute Gasteiger partial charge is 0.203 e. The number of hydrazine groups is 1. The number of rotatable bonds is 2. The van der Waals surface area contributed by atoms with Gasteiger partial charge in [0.2, 0.25) is 5.96 Å². The van der Waals surface area contributed by atoms with E-state index >= 15 is 0 Å². The third-order valence-electron chi connectivity index (χ3n) is 1.19. The van der Waals surface area contributed by atoms with Gasteiger partial charge in [-0.05, 0) is 12.1 Å². The maximum absolute atomic E-state index is 5.29. The molecule has 1 aromatic heterocycles. The van der Waals surface area contributed by atoms with Crippen LogP contribution in [0.4, 0.5) is 0 Å². The lowest BCUT2D eigenvalue weighted by atomic mass is 10.4. The summed E-state index contributed by atoms with van der Waals surface area (Å²) in [6.07, 6.45) is 1.59. The number of hydrogen-bond acceptors (Lipinski definition) is 4. The van der Waals surface area contributed by atoms with Crippen molar-refractivity contribution in [3.05, 3.63) is 24.0 Å². The molecule has 0 spiro atoms. The van der Waals surface area contributed by atoms with Crippen LogP contribution in [0.3, 0.4) is 0 Å². The van der Waals surface area contributed by atoms with E-state index in [-0.39, 0.29) is 5.96 Å². The fourth-order valence-electron chi connectivity index (χ4n) is 0.630. The molecule has 12 heavy (non-hydrogen) atoms. The normalized spacial score (nSPS) is 11.2. The van der Waals surface area contributed by atoms with Crippen LogP contribution >= 0.6 is 0 Å². The van der Waals surface area contributed by atoms with Crippen LogP contribution in [0.15, 0.2) is 23.3 Å². The van der Waals surface area contributed by atoms with Gasteiger partial charge in [0.05, 0.1) is 12.2 Å². The Labute approximate surface area is 69.7 Å². The van der Waals surface area contributed by atoms with E-state index in [0.717, 1.165) is 5.69 Å². The molecule has 64 valence electrons. The van der Waals surface area contributed by atoms with Crippen molar-refractivity contribution in [2.24, 2.45) is 16.6 Å². The summed E-state index contributed by atoms with van der Waals surface area (Å²) in [5.74, 6) is 5.18. The first kappa shape index (κ1) is 8.41. The highest BCUT2D eigenvalue weighted by Gasteiger charge is 1.91. The Morgan fingerprint density at radius 2 is 2.50 bits per heavy atom. The van der Waals surface area contributed by atoms with Crippen molar-refractivity contribution in [1.29, 1.82) is 0 Å². The van der Waals surface area contributed by atoms with Crippen molar-refractivity contribution in [2.45, 2.75) is 6.54 Å². The van der Waals surface area contributed by atoms with Gasteiger partial charge < -0.3 is 5.73 Å². The molecule has 1 heterocycles. The van der Waals surface area contributed by atoms with E-state index in [9.17, 15) is 0 Å². The topological polar surface area (TPSA) is 102 Å². The van der Waals surface area contributed by atoms with Crippen molar-refractivity contribution in [1.82, 2.24) is 15.6 Å². The Kier molecular flexibility index (Phi) is 2.97. The van der Waals surface area contributed by atoms with Crippen LogP contribution in [-0.2, 0) is 6.54 Å². The van der Waals surface area contributed by atoms with Gasteiger partial charge in [-0.1, -0.05) is 0 Å². The van der Waals surface area contributed by atoms with Crippen LogP contribution in [-0.4, -0.2) is 16.2 Å². The second kappa shape index (κ2) is 4.24. The van der Waals surface area contributed by atoms with E-state index in [4.69, 9.17) is 11.6 Å². The van der Waals surface area contributed by atoms with Crippen LogP contribution in [0, 0.1) is 0 Å². The number of guanidine groups is 1. The highest BCUT2D eigenvalue weighted by molar-refractivity contribution is 5.76. The van der Waals surface area contributed by atoms with Gasteiger partial charge in [-0.15, -0.1) is 0 Å². The van der Waals surface area contributed by atoms with Gasteiger partial charge in [-0.3, -0.25) is 5.43 Å². The van der Waals surface area contributed by atoms with Crippen LogP contribution in [0.2, 0.25) is 0 Å². The number of nitrogens with two attached hydrogens (primary N) is 2. The number of hydrogen-bond donors (Lipinski definition) is 3. The van der Waals surface area contributed by atoms with E-state index in [1.165, 1.54) is 0 Å². The molecule has 6 heteroatoms. The second-order valence-electron chi connectivity index (χ2n) is 2.06. The standard InChI is InChI=1S/C6H10N6/c7-6(11-8)9-4-5-2-1-3-10-12-5/h1-3H,4,8H2,(H3,7,9,11). The average Bonchev–Trinajstić information content (AvgIpc) is 2.16. The zero-order chi connectivity index (χ0) is 8.81. The summed E-state index contributed by atoms with van der Waals surface area (Å²) in [4.78, 5) is 3.87. The minimum atomic E-state index is 0.181. The Bertz CT molecular complexity index is 256. The number of nitrogens with zero attached hydrogens (tertiary/aromatic N) is 3. The molecule has 0 radical (unpaired) electrons. The molecule has 0 aliphatic heterocycles.